The van der Waals surface area contributed by atoms with Gasteiger partial charge in [0.05, 0.1) is 13.7 Å². The lowest BCUT2D eigenvalue weighted by molar-refractivity contribution is -0.144. The van der Waals surface area contributed by atoms with E-state index in [0.717, 1.165) is 42.8 Å². The van der Waals surface area contributed by atoms with Crippen molar-refractivity contribution in [1.29, 1.82) is 0 Å². The molecule has 0 aromatic heterocycles. The lowest BCUT2D eigenvalue weighted by atomic mass is 9.85. The van der Waals surface area contributed by atoms with E-state index in [-0.39, 0.29) is 39.6 Å². The smallest absolute Gasteiger partial charge is 0.328 e. The topological polar surface area (TPSA) is 101 Å². The van der Waals surface area contributed by atoms with Crippen LogP contribution in [0.3, 0.4) is 0 Å². The highest BCUT2D eigenvalue weighted by molar-refractivity contribution is 6.33. The maximum atomic E-state index is 13.9. The number of imide groups is 2. The molecule has 1 atom stereocenters. The Balaban J connectivity index is 1.24. The highest BCUT2D eigenvalue weighted by Crippen LogP contribution is 2.40. The number of hydrogen-bond acceptors (Lipinski definition) is 6. The monoisotopic (exact) mass is 566 g/mol. The van der Waals surface area contributed by atoms with E-state index >= 15 is 0 Å². The minimum atomic E-state index is -1.15. The zero-order chi connectivity index (χ0) is 29.7. The number of ether oxygens (including phenoxy) is 1. The molecule has 0 aliphatic carbocycles. The molecule has 8 rings (SSSR count). The molecule has 4 amide bonds. The van der Waals surface area contributed by atoms with Crippen LogP contribution in [0.2, 0.25) is 0 Å². The molecule has 8 nitrogen and oxygen atoms in total. The Bertz CT molecular complexity index is 2200. The molecule has 0 unspecified atom stereocenters. The van der Waals surface area contributed by atoms with Crippen molar-refractivity contribution in [3.05, 3.63) is 107 Å². The van der Waals surface area contributed by atoms with Crippen molar-refractivity contribution in [3.8, 4) is 0 Å². The fourth-order valence-corrected chi connectivity index (χ4v) is 6.82. The van der Waals surface area contributed by atoms with Gasteiger partial charge in [0.2, 0.25) is 0 Å². The average molecular weight is 567 g/mol. The van der Waals surface area contributed by atoms with Crippen LogP contribution in [-0.4, -0.2) is 52.5 Å². The number of methoxy groups -OCH3 is 1. The summed E-state index contributed by atoms with van der Waals surface area (Å²) in [6.45, 7) is 1.47. The SMILES string of the molecule is COC(=O)[C@H](C)N1C(=O)c2ccc3c4c(ccc(c24)C1=O)C(=O)N(Cc1ccc2ccc4cccc5ccc1c2c45)C3=O. The maximum Gasteiger partial charge on any atom is 0.328 e. The van der Waals surface area contributed by atoms with Crippen molar-refractivity contribution in [3.63, 3.8) is 0 Å². The van der Waals surface area contributed by atoms with E-state index in [9.17, 15) is 24.0 Å². The third-order valence-electron chi connectivity index (χ3n) is 8.89. The van der Waals surface area contributed by atoms with Gasteiger partial charge in [0.25, 0.3) is 23.6 Å². The Morgan fingerprint density at radius 2 is 1.12 bits per heavy atom. The van der Waals surface area contributed by atoms with E-state index in [1.807, 2.05) is 24.3 Å². The Hall–Kier alpha value is -5.63. The van der Waals surface area contributed by atoms with Crippen LogP contribution in [-0.2, 0) is 16.1 Å². The summed E-state index contributed by atoms with van der Waals surface area (Å²) in [4.78, 5) is 69.1. The zero-order valence-corrected chi connectivity index (χ0v) is 23.1. The summed E-state index contributed by atoms with van der Waals surface area (Å²) in [5, 5.41) is 7.05. The Morgan fingerprint density at radius 1 is 0.628 bits per heavy atom. The molecule has 2 aliphatic rings. The molecular formula is C35H22N2O6. The lowest BCUT2D eigenvalue weighted by Crippen LogP contribution is -2.50. The number of rotatable bonds is 4. The molecule has 0 fully saturated rings. The summed E-state index contributed by atoms with van der Waals surface area (Å²) in [5.74, 6) is -3.11. The van der Waals surface area contributed by atoms with Gasteiger partial charge in [-0.05, 0) is 69.1 Å². The Kier molecular flexibility index (Phi) is 5.07. The predicted octanol–water partition coefficient (Wildman–Crippen LogP) is 5.69. The molecule has 0 saturated heterocycles. The van der Waals surface area contributed by atoms with Crippen LogP contribution < -0.4 is 0 Å². The van der Waals surface area contributed by atoms with Crippen molar-refractivity contribution >= 4 is 72.7 Å². The first kappa shape index (κ1) is 25.1. The summed E-state index contributed by atoms with van der Waals surface area (Å²) in [7, 11) is 1.18. The van der Waals surface area contributed by atoms with Crippen molar-refractivity contribution in [2.75, 3.05) is 7.11 Å². The van der Waals surface area contributed by atoms with Crippen molar-refractivity contribution < 1.29 is 28.7 Å². The average Bonchev–Trinajstić information content (AvgIpc) is 3.03. The largest absolute Gasteiger partial charge is 0.467 e. The van der Waals surface area contributed by atoms with Gasteiger partial charge >= 0.3 is 5.97 Å². The van der Waals surface area contributed by atoms with E-state index in [0.29, 0.717) is 0 Å². The van der Waals surface area contributed by atoms with Crippen LogP contribution in [0.15, 0.2) is 78.9 Å². The van der Waals surface area contributed by atoms with Crippen LogP contribution in [0.5, 0.6) is 0 Å². The second-order valence-corrected chi connectivity index (χ2v) is 11.0. The van der Waals surface area contributed by atoms with E-state index in [2.05, 4.69) is 30.3 Å². The van der Waals surface area contributed by atoms with E-state index < -0.39 is 35.6 Å². The predicted molar refractivity (Wildman–Crippen MR) is 160 cm³/mol. The van der Waals surface area contributed by atoms with Crippen LogP contribution in [0.1, 0.15) is 53.9 Å². The van der Waals surface area contributed by atoms with Gasteiger partial charge in [-0.1, -0.05) is 54.6 Å². The van der Waals surface area contributed by atoms with E-state index in [1.54, 1.807) is 0 Å². The quantitative estimate of drug-likeness (QED) is 0.154. The molecule has 0 radical (unpaired) electrons. The third kappa shape index (κ3) is 3.23. The number of amides is 4. The van der Waals surface area contributed by atoms with Gasteiger partial charge in [0.15, 0.2) is 0 Å². The summed E-state index contributed by atoms with van der Waals surface area (Å²) in [6.07, 6.45) is 0. The molecular weight excluding hydrogens is 544 g/mol. The van der Waals surface area contributed by atoms with Gasteiger partial charge in [0, 0.05) is 33.0 Å². The van der Waals surface area contributed by atoms with Crippen LogP contribution in [0.4, 0.5) is 0 Å². The first-order valence-electron chi connectivity index (χ1n) is 13.9. The first-order chi connectivity index (χ1) is 20.8. The summed E-state index contributed by atoms with van der Waals surface area (Å²) in [5.41, 5.74) is 1.60. The minimum absolute atomic E-state index is 0.0541. The van der Waals surface area contributed by atoms with Crippen molar-refractivity contribution in [2.24, 2.45) is 0 Å². The van der Waals surface area contributed by atoms with Gasteiger partial charge in [-0.25, -0.2) is 4.79 Å². The van der Waals surface area contributed by atoms with Crippen LogP contribution in [0, 0.1) is 0 Å². The second kappa shape index (κ2) is 8.69. The van der Waals surface area contributed by atoms with Gasteiger partial charge in [-0.15, -0.1) is 0 Å². The Labute approximate surface area is 244 Å². The zero-order valence-electron chi connectivity index (χ0n) is 23.1. The lowest BCUT2D eigenvalue weighted by Gasteiger charge is -2.33. The number of hydrogen-bond donors (Lipinski definition) is 0. The summed E-state index contributed by atoms with van der Waals surface area (Å²) < 4.78 is 4.76. The van der Waals surface area contributed by atoms with E-state index in [4.69, 9.17) is 4.74 Å². The molecule has 6 aromatic carbocycles. The first-order valence-corrected chi connectivity index (χ1v) is 13.9. The molecule has 43 heavy (non-hydrogen) atoms. The molecule has 208 valence electrons. The highest BCUT2D eigenvalue weighted by Gasteiger charge is 2.42. The molecule has 0 N–H and O–H groups in total. The fraction of sp³-hybridized carbons (Fsp3) is 0.114. The van der Waals surface area contributed by atoms with Gasteiger partial charge in [0.1, 0.15) is 6.04 Å². The standard InChI is InChI=1S/C35H22N2O6/c1-17(35(42)43-2)37-33(40)25-14-12-23-29-24(13-15-26(30(25)29)34(37)41)32(39)36(31(23)38)16-21-9-8-20-7-6-18-4-3-5-19-10-11-22(21)28(20)27(18)19/h3-15,17H,16H2,1-2H3/t17-/m0/s1. The number of carbonyl (C=O) groups excluding carboxylic acids is 5. The Morgan fingerprint density at radius 3 is 1.67 bits per heavy atom. The summed E-state index contributed by atoms with van der Waals surface area (Å²) in [6, 6.07) is 23.3. The molecule has 2 aliphatic heterocycles. The van der Waals surface area contributed by atoms with Crippen LogP contribution in [0.25, 0.3) is 43.1 Å². The molecule has 0 saturated carbocycles. The fourth-order valence-electron chi connectivity index (χ4n) is 6.82. The highest BCUT2D eigenvalue weighted by atomic mass is 16.5. The molecule has 8 heteroatoms. The van der Waals surface area contributed by atoms with Gasteiger partial charge in [-0.3, -0.25) is 29.0 Å². The normalized spacial score (nSPS) is 15.4. The molecule has 6 aromatic rings. The molecule has 2 heterocycles. The van der Waals surface area contributed by atoms with E-state index in [1.165, 1.54) is 43.2 Å². The molecule has 0 bridgehead atoms. The number of esters is 1. The van der Waals surface area contributed by atoms with Crippen molar-refractivity contribution in [1.82, 2.24) is 9.80 Å². The second-order valence-electron chi connectivity index (χ2n) is 11.0. The maximum absolute atomic E-state index is 13.9. The van der Waals surface area contributed by atoms with Crippen LogP contribution >= 0.6 is 0 Å². The minimum Gasteiger partial charge on any atom is -0.467 e. The van der Waals surface area contributed by atoms with Gasteiger partial charge < -0.3 is 4.74 Å². The number of benzene rings is 6. The number of nitrogens with zero attached hydrogens (tertiary/aromatic N) is 2. The summed E-state index contributed by atoms with van der Waals surface area (Å²) >= 11 is 0. The number of carbonyl (C=O) groups is 5. The van der Waals surface area contributed by atoms with Gasteiger partial charge in [-0.2, -0.15) is 0 Å². The third-order valence-corrected chi connectivity index (χ3v) is 8.89. The molecule has 0 spiro atoms. The van der Waals surface area contributed by atoms with Crippen molar-refractivity contribution in [2.45, 2.75) is 19.5 Å².